The van der Waals surface area contributed by atoms with Crippen LogP contribution >= 0.6 is 11.3 Å². The maximum Gasteiger partial charge on any atom is 0.260 e. The van der Waals surface area contributed by atoms with E-state index in [0.717, 1.165) is 17.4 Å². The zero-order chi connectivity index (χ0) is 19.6. The van der Waals surface area contributed by atoms with E-state index in [4.69, 9.17) is 5.26 Å². The summed E-state index contributed by atoms with van der Waals surface area (Å²) in [7, 11) is 3.75. The van der Waals surface area contributed by atoms with E-state index in [1.54, 1.807) is 24.3 Å². The number of anilines is 1. The molecule has 5 nitrogen and oxygen atoms in total. The lowest BCUT2D eigenvalue weighted by atomic mass is 10.1. The number of benzene rings is 2. The number of nitriles is 1. The van der Waals surface area contributed by atoms with Crippen molar-refractivity contribution in [3.8, 4) is 6.07 Å². The Labute approximate surface area is 159 Å². The standard InChI is InChI=1S/C19H16F2N4OS/c1-24(2)7-8-25(18(26)13-5-3-12(11-22)4-6-13)19-23-17-15(21)9-14(20)10-16(17)27-19/h3-6,9-10H,7-8H2,1-2H3. The van der Waals surface area contributed by atoms with Crippen LogP contribution in [-0.2, 0) is 0 Å². The number of carbonyl (C=O) groups excluding carboxylic acids is 1. The molecule has 0 radical (unpaired) electrons. The van der Waals surface area contributed by atoms with Gasteiger partial charge in [0, 0.05) is 24.7 Å². The zero-order valence-electron chi connectivity index (χ0n) is 14.7. The minimum Gasteiger partial charge on any atom is -0.308 e. The summed E-state index contributed by atoms with van der Waals surface area (Å²) in [5.41, 5.74) is 0.876. The monoisotopic (exact) mass is 386 g/mol. The lowest BCUT2D eigenvalue weighted by molar-refractivity contribution is 0.0985. The highest BCUT2D eigenvalue weighted by Crippen LogP contribution is 2.31. The van der Waals surface area contributed by atoms with Gasteiger partial charge in [-0.05, 0) is 44.4 Å². The second kappa shape index (κ2) is 7.78. The summed E-state index contributed by atoms with van der Waals surface area (Å²) in [6, 6.07) is 10.2. The predicted octanol–water partition coefficient (Wildman–Crippen LogP) is 3.65. The largest absolute Gasteiger partial charge is 0.308 e. The Morgan fingerprint density at radius 1 is 1.19 bits per heavy atom. The Bertz CT molecular complexity index is 1020. The van der Waals surface area contributed by atoms with Gasteiger partial charge in [-0.1, -0.05) is 11.3 Å². The molecule has 8 heteroatoms. The molecule has 27 heavy (non-hydrogen) atoms. The van der Waals surface area contributed by atoms with E-state index >= 15 is 0 Å². The third kappa shape index (κ3) is 4.10. The van der Waals surface area contributed by atoms with Crippen molar-refractivity contribution in [1.29, 1.82) is 5.26 Å². The highest BCUT2D eigenvalue weighted by molar-refractivity contribution is 7.22. The normalized spacial score (nSPS) is 11.0. The minimum absolute atomic E-state index is 0.0406. The number of aromatic nitrogens is 1. The molecule has 0 aliphatic carbocycles. The molecule has 1 amide bonds. The van der Waals surface area contributed by atoms with Gasteiger partial charge < -0.3 is 4.90 Å². The van der Waals surface area contributed by atoms with Crippen molar-refractivity contribution < 1.29 is 13.6 Å². The molecule has 138 valence electrons. The fraction of sp³-hybridized carbons (Fsp3) is 0.211. The van der Waals surface area contributed by atoms with Gasteiger partial charge in [-0.15, -0.1) is 0 Å². The number of likely N-dealkylation sites (N-methyl/N-ethyl adjacent to an activating group) is 1. The molecule has 1 aromatic heterocycles. The van der Waals surface area contributed by atoms with Crippen LogP contribution in [0.2, 0.25) is 0 Å². The van der Waals surface area contributed by atoms with Crippen LogP contribution in [0.4, 0.5) is 13.9 Å². The third-order valence-corrected chi connectivity index (χ3v) is 4.94. The molecular formula is C19H16F2N4OS. The van der Waals surface area contributed by atoms with Crippen LogP contribution in [0.25, 0.3) is 10.2 Å². The molecule has 0 atom stereocenters. The van der Waals surface area contributed by atoms with Crippen molar-refractivity contribution in [2.75, 3.05) is 32.1 Å². The first-order valence-corrected chi connectivity index (χ1v) is 8.93. The van der Waals surface area contributed by atoms with E-state index in [2.05, 4.69) is 4.98 Å². The Morgan fingerprint density at radius 3 is 2.52 bits per heavy atom. The van der Waals surface area contributed by atoms with E-state index in [1.807, 2.05) is 25.1 Å². The molecule has 0 fully saturated rings. The van der Waals surface area contributed by atoms with Gasteiger partial charge in [0.1, 0.15) is 11.3 Å². The Morgan fingerprint density at radius 2 is 1.89 bits per heavy atom. The van der Waals surface area contributed by atoms with Gasteiger partial charge in [0.2, 0.25) is 0 Å². The van der Waals surface area contributed by atoms with Crippen LogP contribution in [0.3, 0.4) is 0 Å². The summed E-state index contributed by atoms with van der Waals surface area (Å²) < 4.78 is 27.8. The molecule has 0 spiro atoms. The van der Waals surface area contributed by atoms with Gasteiger partial charge in [-0.2, -0.15) is 5.26 Å². The molecule has 2 aromatic carbocycles. The smallest absolute Gasteiger partial charge is 0.260 e. The number of halogens is 2. The molecule has 1 heterocycles. The summed E-state index contributed by atoms with van der Waals surface area (Å²) in [4.78, 5) is 20.6. The second-order valence-electron chi connectivity index (χ2n) is 6.18. The van der Waals surface area contributed by atoms with E-state index in [1.165, 1.54) is 11.0 Å². The Kier molecular flexibility index (Phi) is 5.44. The molecule has 0 N–H and O–H groups in total. The van der Waals surface area contributed by atoms with E-state index < -0.39 is 11.6 Å². The molecule has 0 aliphatic rings. The van der Waals surface area contributed by atoms with Crippen LogP contribution in [-0.4, -0.2) is 43.0 Å². The topological polar surface area (TPSA) is 60.2 Å². The van der Waals surface area contributed by atoms with E-state index in [9.17, 15) is 13.6 Å². The summed E-state index contributed by atoms with van der Waals surface area (Å²) in [5, 5.41) is 9.20. The van der Waals surface area contributed by atoms with Gasteiger partial charge in [-0.25, -0.2) is 13.8 Å². The number of fused-ring (bicyclic) bond motifs is 1. The van der Waals surface area contributed by atoms with Gasteiger partial charge in [-0.3, -0.25) is 9.69 Å². The number of nitrogens with zero attached hydrogens (tertiary/aromatic N) is 4. The maximum absolute atomic E-state index is 14.0. The fourth-order valence-electron chi connectivity index (χ4n) is 2.49. The molecule has 0 bridgehead atoms. The predicted molar refractivity (Wildman–Crippen MR) is 101 cm³/mol. The van der Waals surface area contributed by atoms with Crippen LogP contribution in [0, 0.1) is 23.0 Å². The molecule has 3 aromatic rings. The molecule has 3 rings (SSSR count). The number of rotatable bonds is 5. The van der Waals surface area contributed by atoms with Crippen LogP contribution in [0.1, 0.15) is 15.9 Å². The van der Waals surface area contributed by atoms with E-state index in [-0.39, 0.29) is 11.4 Å². The Hall–Kier alpha value is -2.89. The molecular weight excluding hydrogens is 370 g/mol. The van der Waals surface area contributed by atoms with Crippen molar-refractivity contribution in [1.82, 2.24) is 9.88 Å². The zero-order valence-corrected chi connectivity index (χ0v) is 15.6. The average Bonchev–Trinajstić information content (AvgIpc) is 3.05. The maximum atomic E-state index is 14.0. The van der Waals surface area contributed by atoms with Gasteiger partial charge >= 0.3 is 0 Å². The summed E-state index contributed by atoms with van der Waals surface area (Å²) in [6.45, 7) is 0.893. The average molecular weight is 386 g/mol. The van der Waals surface area contributed by atoms with Crippen molar-refractivity contribution in [2.24, 2.45) is 0 Å². The second-order valence-corrected chi connectivity index (χ2v) is 7.19. The van der Waals surface area contributed by atoms with Crippen molar-refractivity contribution in [3.05, 3.63) is 59.2 Å². The molecule has 0 unspecified atom stereocenters. The molecule has 0 aliphatic heterocycles. The highest BCUT2D eigenvalue weighted by atomic mass is 32.1. The quantitative estimate of drug-likeness (QED) is 0.672. The van der Waals surface area contributed by atoms with Crippen molar-refractivity contribution in [3.63, 3.8) is 0 Å². The summed E-state index contributed by atoms with van der Waals surface area (Å²) >= 11 is 1.06. The van der Waals surface area contributed by atoms with Gasteiger partial charge in [0.15, 0.2) is 10.9 Å². The van der Waals surface area contributed by atoms with Crippen molar-refractivity contribution in [2.45, 2.75) is 0 Å². The SMILES string of the molecule is CN(C)CCN(C(=O)c1ccc(C#N)cc1)c1nc2c(F)cc(F)cc2s1. The number of hydrogen-bond donors (Lipinski definition) is 0. The fourth-order valence-corrected chi connectivity index (χ4v) is 3.52. The van der Waals surface area contributed by atoms with E-state index in [0.29, 0.717) is 34.0 Å². The minimum atomic E-state index is -0.758. The first kappa shape index (κ1) is 18.9. The van der Waals surface area contributed by atoms with Crippen LogP contribution in [0.15, 0.2) is 36.4 Å². The van der Waals surface area contributed by atoms with Crippen LogP contribution in [0.5, 0.6) is 0 Å². The molecule has 0 saturated carbocycles. The number of carbonyl (C=O) groups is 1. The highest BCUT2D eigenvalue weighted by Gasteiger charge is 2.22. The van der Waals surface area contributed by atoms with Gasteiger partial charge in [0.25, 0.3) is 5.91 Å². The number of thiazole rings is 1. The lowest BCUT2D eigenvalue weighted by Gasteiger charge is -2.22. The lowest BCUT2D eigenvalue weighted by Crippen LogP contribution is -2.36. The third-order valence-electron chi connectivity index (χ3n) is 3.91. The first-order chi connectivity index (χ1) is 12.9. The molecule has 0 saturated heterocycles. The summed E-state index contributed by atoms with van der Waals surface area (Å²) in [5.74, 6) is -1.76. The van der Waals surface area contributed by atoms with Crippen LogP contribution < -0.4 is 4.90 Å². The van der Waals surface area contributed by atoms with Crippen molar-refractivity contribution >= 4 is 32.6 Å². The number of amides is 1. The van der Waals surface area contributed by atoms with Gasteiger partial charge in [0.05, 0.1) is 16.3 Å². The number of hydrogen-bond acceptors (Lipinski definition) is 5. The Balaban J connectivity index is 2.01. The summed E-state index contributed by atoms with van der Waals surface area (Å²) in [6.07, 6.45) is 0. The first-order valence-electron chi connectivity index (χ1n) is 8.11.